The van der Waals surface area contributed by atoms with Crippen LogP contribution < -0.4 is 9.80 Å². The van der Waals surface area contributed by atoms with Crippen molar-refractivity contribution in [2.45, 2.75) is 87.9 Å². The van der Waals surface area contributed by atoms with Crippen molar-refractivity contribution >= 4 is 34.1 Å². The van der Waals surface area contributed by atoms with E-state index in [0.717, 1.165) is 24.3 Å². The Hall–Kier alpha value is -7.54. The minimum Gasteiger partial charge on any atom is -0.310 e. The van der Waals surface area contributed by atoms with Crippen LogP contribution in [-0.4, -0.2) is 0 Å². The average Bonchev–Trinajstić information content (AvgIpc) is 3.35. The van der Waals surface area contributed by atoms with E-state index in [-0.39, 0.29) is 77.7 Å². The molecule has 0 atom stereocenters. The number of nitrogens with zero attached hydrogens (tertiary/aromatic N) is 2. The molecule has 0 aliphatic heterocycles. The maximum atomic E-state index is 14.6. The summed E-state index contributed by atoms with van der Waals surface area (Å²) in [6.07, 6.45) is -44.1. The number of hydrogen-bond acceptors (Lipinski definition) is 2. The highest BCUT2D eigenvalue weighted by Crippen LogP contribution is 2.50. The van der Waals surface area contributed by atoms with Gasteiger partial charge < -0.3 is 9.80 Å². The molecule has 0 spiro atoms. The summed E-state index contributed by atoms with van der Waals surface area (Å²) in [5.41, 5.74) is -22.1. The van der Waals surface area contributed by atoms with Crippen molar-refractivity contribution in [1.29, 1.82) is 0 Å². The first-order valence-electron chi connectivity index (χ1n) is 23.3. The lowest BCUT2D eigenvalue weighted by Gasteiger charge is -2.32. The maximum Gasteiger partial charge on any atom is 0.418 e. The summed E-state index contributed by atoms with van der Waals surface area (Å²) in [4.78, 5) is 0.644. The summed E-state index contributed by atoms with van der Waals surface area (Å²) in [5.74, 6) is 0. The van der Waals surface area contributed by atoms with Gasteiger partial charge in [0.2, 0.25) is 0 Å². The highest BCUT2D eigenvalue weighted by atomic mass is 19.4. The van der Waals surface area contributed by atoms with Crippen LogP contribution in [0, 0.1) is 0 Å². The zero-order valence-corrected chi connectivity index (χ0v) is 41.8. The Balaban J connectivity index is 1.28. The fourth-order valence-corrected chi connectivity index (χ4v) is 8.90. The third-order valence-corrected chi connectivity index (χ3v) is 13.4. The third kappa shape index (κ3) is 13.2. The Kier molecular flexibility index (Phi) is 15.7. The molecule has 0 aromatic heterocycles. The van der Waals surface area contributed by atoms with E-state index in [9.17, 15) is 105 Å². The van der Waals surface area contributed by atoms with E-state index in [0.29, 0.717) is 27.2 Å². The second-order valence-electron chi connectivity index (χ2n) is 19.6. The molecule has 0 unspecified atom stereocenters. The van der Waals surface area contributed by atoms with Crippen LogP contribution in [0.2, 0.25) is 0 Å². The Morgan fingerprint density at radius 3 is 0.671 bits per heavy atom. The summed E-state index contributed by atoms with van der Waals surface area (Å²) in [6, 6.07) is 15.2. The van der Waals surface area contributed by atoms with Crippen molar-refractivity contribution in [3.8, 4) is 0 Å². The number of benzene rings is 7. The van der Waals surface area contributed by atoms with Gasteiger partial charge in [-0.2, -0.15) is 105 Å². The van der Waals surface area contributed by atoms with Gasteiger partial charge in [0, 0.05) is 39.3 Å². The molecule has 438 valence electrons. The number of halogens is 24. The Labute approximate surface area is 448 Å². The van der Waals surface area contributed by atoms with Crippen LogP contribution in [0.5, 0.6) is 0 Å². The van der Waals surface area contributed by atoms with Gasteiger partial charge >= 0.3 is 49.4 Å². The summed E-state index contributed by atoms with van der Waals surface area (Å²) < 4.78 is 338. The van der Waals surface area contributed by atoms with E-state index in [4.69, 9.17) is 0 Å². The SMILES string of the molecule is CC(C)(c1ccc(N(c2cc(C(F)(F)F)cc(C(F)(F)F)c2)c2cc(C(F)(F)F)cc(C(F)(F)F)c2)cc1)c1ccc(C(C)(C)c2ccc(N(c3cc(C(F)(F)F)cc(C(F)(F)F)c3)c3ccc(C(F)(F)F)cc3C(F)(F)F)cc2)cc1. The van der Waals surface area contributed by atoms with E-state index in [1.807, 2.05) is 0 Å². The molecule has 82 heavy (non-hydrogen) atoms. The molecule has 7 aromatic carbocycles. The molecule has 0 saturated carbocycles. The predicted octanol–water partition coefficient (Wildman–Crippen LogP) is 21.4. The minimum atomic E-state index is -5.66. The molecule has 26 heteroatoms. The third-order valence-electron chi connectivity index (χ3n) is 13.4. The zero-order valence-electron chi connectivity index (χ0n) is 41.8. The highest BCUT2D eigenvalue weighted by Gasteiger charge is 2.44. The molecule has 0 fully saturated rings. The molecule has 0 aliphatic rings. The van der Waals surface area contributed by atoms with Gasteiger partial charge in [0.1, 0.15) is 0 Å². The predicted molar refractivity (Wildman–Crippen MR) is 253 cm³/mol. The van der Waals surface area contributed by atoms with Crippen LogP contribution >= 0.6 is 0 Å². The molecule has 0 amide bonds. The van der Waals surface area contributed by atoms with Crippen LogP contribution in [0.3, 0.4) is 0 Å². The van der Waals surface area contributed by atoms with Crippen molar-refractivity contribution in [3.63, 3.8) is 0 Å². The average molecular weight is 1190 g/mol. The van der Waals surface area contributed by atoms with Crippen LogP contribution in [0.1, 0.15) is 94.5 Å². The van der Waals surface area contributed by atoms with Gasteiger partial charge in [-0.05, 0) is 119 Å². The molecule has 0 aliphatic carbocycles. The van der Waals surface area contributed by atoms with Crippen molar-refractivity contribution in [2.24, 2.45) is 0 Å². The Bertz CT molecular complexity index is 3270. The number of hydrogen-bond donors (Lipinski definition) is 0. The van der Waals surface area contributed by atoms with Gasteiger partial charge in [-0.25, -0.2) is 0 Å². The van der Waals surface area contributed by atoms with E-state index < -0.39 is 139 Å². The lowest BCUT2D eigenvalue weighted by Crippen LogP contribution is -2.22. The van der Waals surface area contributed by atoms with E-state index in [1.165, 1.54) is 24.3 Å². The molecule has 0 heterocycles. The molecular weight excluding hydrogens is 1160 g/mol. The monoisotopic (exact) mass is 1190 g/mol. The summed E-state index contributed by atoms with van der Waals surface area (Å²) in [6.45, 7) is 6.49. The first kappa shape index (κ1) is 62.1. The van der Waals surface area contributed by atoms with Crippen molar-refractivity contribution < 1.29 is 105 Å². The van der Waals surface area contributed by atoms with Crippen molar-refractivity contribution in [2.75, 3.05) is 9.80 Å². The van der Waals surface area contributed by atoms with E-state index in [1.54, 1.807) is 52.0 Å². The summed E-state index contributed by atoms with van der Waals surface area (Å²) in [7, 11) is 0. The smallest absolute Gasteiger partial charge is 0.310 e. The van der Waals surface area contributed by atoms with E-state index >= 15 is 0 Å². The molecule has 2 nitrogen and oxygen atoms in total. The Morgan fingerprint density at radius 2 is 0.427 bits per heavy atom. The summed E-state index contributed by atoms with van der Waals surface area (Å²) in [5, 5.41) is 0. The molecule has 7 aromatic rings. The number of rotatable bonds is 10. The van der Waals surface area contributed by atoms with Crippen LogP contribution in [0.4, 0.5) is 139 Å². The fourth-order valence-electron chi connectivity index (χ4n) is 8.90. The molecule has 0 bridgehead atoms. The first-order chi connectivity index (χ1) is 37.2. The lowest BCUT2D eigenvalue weighted by molar-refractivity contribution is -0.144. The quantitative estimate of drug-likeness (QED) is 0.126. The molecule has 0 N–H and O–H groups in total. The lowest BCUT2D eigenvalue weighted by atomic mass is 9.74. The highest BCUT2D eigenvalue weighted by molar-refractivity contribution is 5.81. The standard InChI is InChI=1S/C56H36F24N2/c1-47(2,31-9-14-40(15-10-31)81(42-22-34(50(60,61)62)19-35(23-42)51(63,64)65)43-24-36(52(66,67)68)20-37(25-43)53(69,70)71)29-5-7-30(8-6-29)48(3,4)32-11-16-41(17-12-32)82(44-26-38(54(72,73)74)21-39(27-44)55(75,76)77)46-18-13-33(49(57,58)59)28-45(46)56(78,79)80/h5-28H,1-4H3. The van der Waals surface area contributed by atoms with Gasteiger partial charge in [0.15, 0.2) is 0 Å². The van der Waals surface area contributed by atoms with Gasteiger partial charge in [0.25, 0.3) is 0 Å². The number of alkyl halides is 24. The van der Waals surface area contributed by atoms with E-state index in [2.05, 4.69) is 0 Å². The largest absolute Gasteiger partial charge is 0.418 e. The van der Waals surface area contributed by atoms with Crippen LogP contribution in [0.15, 0.2) is 146 Å². The van der Waals surface area contributed by atoms with Crippen LogP contribution in [-0.2, 0) is 60.2 Å². The maximum absolute atomic E-state index is 14.6. The summed E-state index contributed by atoms with van der Waals surface area (Å²) >= 11 is 0. The molecular formula is C56H36F24N2. The van der Waals surface area contributed by atoms with Crippen molar-refractivity contribution in [1.82, 2.24) is 0 Å². The molecule has 0 radical (unpaired) electrons. The van der Waals surface area contributed by atoms with Gasteiger partial charge in [-0.3, -0.25) is 0 Å². The number of anilines is 6. The van der Waals surface area contributed by atoms with Crippen LogP contribution in [0.25, 0.3) is 0 Å². The zero-order chi connectivity index (χ0) is 61.5. The first-order valence-corrected chi connectivity index (χ1v) is 23.3. The Morgan fingerprint density at radius 1 is 0.207 bits per heavy atom. The molecule has 7 rings (SSSR count). The second-order valence-corrected chi connectivity index (χ2v) is 19.6. The topological polar surface area (TPSA) is 6.48 Å². The van der Waals surface area contributed by atoms with Gasteiger partial charge in [0.05, 0.1) is 50.2 Å². The fraction of sp³-hybridized carbons (Fsp3) is 0.250. The second kappa shape index (κ2) is 20.7. The molecule has 0 saturated heterocycles. The minimum absolute atomic E-state index is 0.0878. The van der Waals surface area contributed by atoms with Crippen molar-refractivity contribution in [3.05, 3.63) is 212 Å². The normalized spacial score (nSPS) is 13.6. The van der Waals surface area contributed by atoms with Gasteiger partial charge in [-0.15, -0.1) is 0 Å². The van der Waals surface area contributed by atoms with Gasteiger partial charge in [-0.1, -0.05) is 76.2 Å².